The summed E-state index contributed by atoms with van der Waals surface area (Å²) in [6.45, 7) is 3.18. The third kappa shape index (κ3) is 4.53. The van der Waals surface area contributed by atoms with Crippen molar-refractivity contribution in [1.82, 2.24) is 0 Å². The molecule has 6 heteroatoms. The van der Waals surface area contributed by atoms with Gasteiger partial charge in [-0.3, -0.25) is 0 Å². The number of ether oxygens (including phenoxy) is 2. The van der Waals surface area contributed by atoms with Crippen LogP contribution >= 0.6 is 34.8 Å². The second-order valence-electron chi connectivity index (χ2n) is 3.32. The molecule has 1 aromatic carbocycles. The maximum absolute atomic E-state index is 5.97. The molecular formula is C11H14Cl3NO2. The van der Waals surface area contributed by atoms with Gasteiger partial charge in [0.15, 0.2) is 0 Å². The smallest absolute Gasteiger partial charge is 0.139 e. The van der Waals surface area contributed by atoms with E-state index in [9.17, 15) is 0 Å². The van der Waals surface area contributed by atoms with Crippen molar-refractivity contribution in [3.63, 3.8) is 0 Å². The fourth-order valence-electron chi connectivity index (χ4n) is 1.22. The molecule has 0 aliphatic carbocycles. The van der Waals surface area contributed by atoms with Gasteiger partial charge in [-0.05, 0) is 13.0 Å². The third-order valence-corrected chi connectivity index (χ3v) is 3.08. The van der Waals surface area contributed by atoms with Crippen molar-refractivity contribution in [2.45, 2.75) is 13.0 Å². The quantitative estimate of drug-likeness (QED) is 0.819. The highest BCUT2D eigenvalue weighted by Crippen LogP contribution is 2.33. The molecule has 0 aliphatic rings. The Balaban J connectivity index is 2.65. The fraction of sp³-hybridized carbons (Fsp3) is 0.455. The molecule has 1 atom stereocenters. The second kappa shape index (κ2) is 7.29. The minimum absolute atomic E-state index is 0.162. The molecule has 2 N–H and O–H groups in total. The van der Waals surface area contributed by atoms with Crippen molar-refractivity contribution in [3.8, 4) is 5.75 Å². The average Bonchev–Trinajstić information content (AvgIpc) is 2.30. The van der Waals surface area contributed by atoms with Crippen LogP contribution in [0.4, 0.5) is 0 Å². The molecule has 0 fully saturated rings. The van der Waals surface area contributed by atoms with Crippen molar-refractivity contribution in [1.29, 1.82) is 0 Å². The zero-order valence-electron chi connectivity index (χ0n) is 9.38. The highest BCUT2D eigenvalue weighted by atomic mass is 35.5. The van der Waals surface area contributed by atoms with Crippen LogP contribution in [0.1, 0.15) is 6.92 Å². The van der Waals surface area contributed by atoms with Gasteiger partial charge in [0.2, 0.25) is 0 Å². The summed E-state index contributed by atoms with van der Waals surface area (Å²) in [5.41, 5.74) is 5.53. The molecule has 0 radical (unpaired) electrons. The highest BCUT2D eigenvalue weighted by molar-refractivity contribution is 6.43. The number of benzene rings is 1. The lowest BCUT2D eigenvalue weighted by atomic mass is 10.3. The molecule has 0 saturated carbocycles. The minimum Gasteiger partial charge on any atom is -0.489 e. The molecule has 0 aromatic heterocycles. The van der Waals surface area contributed by atoms with E-state index in [0.717, 1.165) is 0 Å². The molecule has 1 unspecified atom stereocenters. The van der Waals surface area contributed by atoms with Gasteiger partial charge in [-0.25, -0.2) is 0 Å². The molecule has 1 aromatic rings. The number of hydrogen-bond acceptors (Lipinski definition) is 3. The molecule has 17 heavy (non-hydrogen) atoms. The number of nitrogens with two attached hydrogens (primary N) is 1. The van der Waals surface area contributed by atoms with E-state index in [1.807, 2.05) is 6.92 Å². The van der Waals surface area contributed by atoms with E-state index in [1.54, 1.807) is 12.1 Å². The molecule has 3 nitrogen and oxygen atoms in total. The van der Waals surface area contributed by atoms with Crippen molar-refractivity contribution < 1.29 is 9.47 Å². The Kier molecular flexibility index (Phi) is 6.38. The van der Waals surface area contributed by atoms with Crippen molar-refractivity contribution in [3.05, 3.63) is 27.2 Å². The van der Waals surface area contributed by atoms with Crippen molar-refractivity contribution in [2.24, 2.45) is 5.73 Å². The summed E-state index contributed by atoms with van der Waals surface area (Å²) in [7, 11) is 0. The first-order valence-electron chi connectivity index (χ1n) is 5.17. The molecule has 0 spiro atoms. The zero-order chi connectivity index (χ0) is 12.8. The molecule has 96 valence electrons. The van der Waals surface area contributed by atoms with Crippen LogP contribution in [0.25, 0.3) is 0 Å². The van der Waals surface area contributed by atoms with Crippen molar-refractivity contribution >= 4 is 34.8 Å². The van der Waals surface area contributed by atoms with Crippen LogP contribution in [-0.4, -0.2) is 25.9 Å². The van der Waals surface area contributed by atoms with Gasteiger partial charge < -0.3 is 15.2 Å². The topological polar surface area (TPSA) is 44.5 Å². The van der Waals surface area contributed by atoms with E-state index in [4.69, 9.17) is 50.0 Å². The minimum atomic E-state index is -0.162. The van der Waals surface area contributed by atoms with E-state index >= 15 is 0 Å². The molecule has 0 heterocycles. The lowest BCUT2D eigenvalue weighted by Crippen LogP contribution is -2.30. The van der Waals surface area contributed by atoms with E-state index in [0.29, 0.717) is 40.6 Å². The standard InChI is InChI=1S/C11H14Cl3NO2/c1-2-16-7(5-15)6-17-11-4-9(13)8(12)3-10(11)14/h3-4,7H,2,5-6,15H2,1H3. The normalized spacial score (nSPS) is 12.5. The Bertz CT molecular complexity index is 374. The van der Waals surface area contributed by atoms with Crippen LogP contribution in [0.15, 0.2) is 12.1 Å². The Hall–Kier alpha value is -0.190. The van der Waals surface area contributed by atoms with Gasteiger partial charge in [-0.2, -0.15) is 0 Å². The number of rotatable bonds is 6. The van der Waals surface area contributed by atoms with Crippen LogP contribution in [0.3, 0.4) is 0 Å². The zero-order valence-corrected chi connectivity index (χ0v) is 11.6. The summed E-state index contributed by atoms with van der Waals surface area (Å²) in [5.74, 6) is 0.471. The molecule has 0 saturated heterocycles. The molecule has 1 rings (SSSR count). The van der Waals surface area contributed by atoms with Gasteiger partial charge in [-0.15, -0.1) is 0 Å². The van der Waals surface area contributed by atoms with Gasteiger partial charge in [0.05, 0.1) is 15.1 Å². The SMILES string of the molecule is CCOC(CN)COc1cc(Cl)c(Cl)cc1Cl. The van der Waals surface area contributed by atoms with E-state index in [2.05, 4.69) is 0 Å². The summed E-state index contributed by atoms with van der Waals surface area (Å²) < 4.78 is 10.9. The molecule has 0 bridgehead atoms. The second-order valence-corrected chi connectivity index (χ2v) is 4.54. The molecule has 0 aliphatic heterocycles. The molecule has 0 amide bonds. The lowest BCUT2D eigenvalue weighted by Gasteiger charge is -2.16. The van der Waals surface area contributed by atoms with Crippen LogP contribution in [0.2, 0.25) is 15.1 Å². The first-order chi connectivity index (χ1) is 8.08. The van der Waals surface area contributed by atoms with Gasteiger partial charge in [0.1, 0.15) is 18.5 Å². The number of halogens is 3. The lowest BCUT2D eigenvalue weighted by molar-refractivity contribution is 0.0337. The Morgan fingerprint density at radius 1 is 1.18 bits per heavy atom. The van der Waals surface area contributed by atoms with Crippen molar-refractivity contribution in [2.75, 3.05) is 19.8 Å². The van der Waals surface area contributed by atoms with Crippen LogP contribution < -0.4 is 10.5 Å². The first-order valence-corrected chi connectivity index (χ1v) is 6.30. The van der Waals surface area contributed by atoms with Crippen LogP contribution in [-0.2, 0) is 4.74 Å². The summed E-state index contributed by atoms with van der Waals surface area (Å²) in [5, 5.41) is 1.20. The summed E-state index contributed by atoms with van der Waals surface area (Å²) >= 11 is 17.6. The Labute approximate surface area is 116 Å². The summed E-state index contributed by atoms with van der Waals surface area (Å²) in [6.07, 6.45) is -0.162. The first kappa shape index (κ1) is 14.9. The van der Waals surface area contributed by atoms with Gasteiger partial charge in [0.25, 0.3) is 0 Å². The van der Waals surface area contributed by atoms with E-state index in [-0.39, 0.29) is 6.10 Å². The fourth-order valence-corrected chi connectivity index (χ4v) is 1.81. The monoisotopic (exact) mass is 297 g/mol. The predicted octanol–water partition coefficient (Wildman–Crippen LogP) is 3.39. The average molecular weight is 299 g/mol. The predicted molar refractivity (Wildman–Crippen MR) is 71.4 cm³/mol. The Morgan fingerprint density at radius 2 is 1.82 bits per heavy atom. The summed E-state index contributed by atoms with van der Waals surface area (Å²) in [6, 6.07) is 3.12. The maximum atomic E-state index is 5.97. The van der Waals surface area contributed by atoms with Crippen LogP contribution in [0, 0.1) is 0 Å². The van der Waals surface area contributed by atoms with E-state index in [1.165, 1.54) is 0 Å². The third-order valence-electron chi connectivity index (χ3n) is 2.06. The van der Waals surface area contributed by atoms with Gasteiger partial charge >= 0.3 is 0 Å². The number of hydrogen-bond donors (Lipinski definition) is 1. The molecular weight excluding hydrogens is 284 g/mol. The van der Waals surface area contributed by atoms with Gasteiger partial charge in [-0.1, -0.05) is 34.8 Å². The summed E-state index contributed by atoms with van der Waals surface area (Å²) in [4.78, 5) is 0. The Morgan fingerprint density at radius 3 is 2.41 bits per heavy atom. The maximum Gasteiger partial charge on any atom is 0.139 e. The van der Waals surface area contributed by atoms with Crippen LogP contribution in [0.5, 0.6) is 5.75 Å². The highest BCUT2D eigenvalue weighted by Gasteiger charge is 2.11. The van der Waals surface area contributed by atoms with Gasteiger partial charge in [0, 0.05) is 19.2 Å². The largest absolute Gasteiger partial charge is 0.489 e. The van der Waals surface area contributed by atoms with E-state index < -0.39 is 0 Å².